The van der Waals surface area contributed by atoms with Crippen LogP contribution in [0.2, 0.25) is 0 Å². The third-order valence-corrected chi connectivity index (χ3v) is 4.72. The van der Waals surface area contributed by atoms with Crippen molar-refractivity contribution in [2.24, 2.45) is 11.3 Å². The van der Waals surface area contributed by atoms with Crippen LogP contribution < -0.4 is 15.5 Å². The van der Waals surface area contributed by atoms with Crippen LogP contribution in [0.15, 0.2) is 12.1 Å². The second kappa shape index (κ2) is 7.83. The molecule has 134 valence electrons. The summed E-state index contributed by atoms with van der Waals surface area (Å²) in [5, 5.41) is 5.93. The van der Waals surface area contributed by atoms with Gasteiger partial charge < -0.3 is 20.3 Å². The first-order valence-corrected chi connectivity index (χ1v) is 8.57. The first-order valence-electron chi connectivity index (χ1n) is 8.57. The van der Waals surface area contributed by atoms with Gasteiger partial charge in [-0.15, -0.1) is 0 Å². The summed E-state index contributed by atoms with van der Waals surface area (Å²) in [6.45, 7) is 8.64. The molecule has 1 aromatic rings. The molecule has 0 aliphatic carbocycles. The number of aromatic nitrogens is 1. The topological polar surface area (TPSA) is 66.5 Å². The first kappa shape index (κ1) is 18.5. The minimum Gasteiger partial charge on any atom is -0.381 e. The number of hydrogen-bond acceptors (Lipinski definition) is 4. The summed E-state index contributed by atoms with van der Waals surface area (Å²) in [6, 6.07) is 3.60. The Morgan fingerprint density at radius 2 is 2.00 bits per heavy atom. The van der Waals surface area contributed by atoms with Crippen LogP contribution in [0.5, 0.6) is 0 Å². The number of carbonyl (C=O) groups excluding carboxylic acids is 1. The van der Waals surface area contributed by atoms with Crippen LogP contribution in [0, 0.1) is 18.3 Å². The van der Waals surface area contributed by atoms with E-state index in [1.807, 2.05) is 38.1 Å². The summed E-state index contributed by atoms with van der Waals surface area (Å²) in [5.74, 6) is 1.33. The zero-order chi connectivity index (χ0) is 17.7. The highest BCUT2D eigenvalue weighted by Crippen LogP contribution is 2.33. The van der Waals surface area contributed by atoms with Gasteiger partial charge in [-0.1, -0.05) is 13.8 Å². The molecule has 0 unspecified atom stereocenters. The molecule has 2 amide bonds. The highest BCUT2D eigenvalue weighted by Gasteiger charge is 2.31. The smallest absolute Gasteiger partial charge is 0.319 e. The zero-order valence-electron chi connectivity index (χ0n) is 15.5. The van der Waals surface area contributed by atoms with Gasteiger partial charge in [0.05, 0.1) is 5.69 Å². The Kier molecular flexibility index (Phi) is 6.04. The molecule has 6 heteroatoms. The van der Waals surface area contributed by atoms with Crippen molar-refractivity contribution in [3.63, 3.8) is 0 Å². The van der Waals surface area contributed by atoms with E-state index in [1.54, 1.807) is 0 Å². The van der Waals surface area contributed by atoms with E-state index in [0.717, 1.165) is 37.6 Å². The lowest BCUT2D eigenvalue weighted by Gasteiger charge is -2.37. The number of rotatable bonds is 5. The number of aryl methyl sites for hydroxylation is 1. The zero-order valence-corrected chi connectivity index (χ0v) is 15.5. The van der Waals surface area contributed by atoms with Crippen LogP contribution in [0.1, 0.15) is 32.4 Å². The van der Waals surface area contributed by atoms with Gasteiger partial charge in [-0.3, -0.25) is 0 Å². The molecule has 24 heavy (non-hydrogen) atoms. The van der Waals surface area contributed by atoms with Crippen molar-refractivity contribution in [1.82, 2.24) is 10.3 Å². The number of anilines is 2. The largest absolute Gasteiger partial charge is 0.381 e. The summed E-state index contributed by atoms with van der Waals surface area (Å²) in [7, 11) is 3.83. The van der Waals surface area contributed by atoms with Gasteiger partial charge in [0.1, 0.15) is 0 Å². The van der Waals surface area contributed by atoms with Gasteiger partial charge in [0.15, 0.2) is 5.82 Å². The van der Waals surface area contributed by atoms with Gasteiger partial charge in [0.25, 0.3) is 0 Å². The highest BCUT2D eigenvalue weighted by atomic mass is 16.5. The summed E-state index contributed by atoms with van der Waals surface area (Å²) in [4.78, 5) is 18.7. The predicted octanol–water partition coefficient (Wildman–Crippen LogP) is 3.03. The third kappa shape index (κ3) is 4.84. The van der Waals surface area contributed by atoms with Crippen molar-refractivity contribution < 1.29 is 9.53 Å². The molecule has 0 aromatic carbocycles. The normalized spacial score (nSPS) is 15.9. The number of amides is 2. The number of urea groups is 1. The van der Waals surface area contributed by atoms with E-state index in [1.165, 1.54) is 0 Å². The lowest BCUT2D eigenvalue weighted by Crippen LogP contribution is -2.42. The van der Waals surface area contributed by atoms with Gasteiger partial charge in [-0.2, -0.15) is 0 Å². The molecule has 1 saturated heterocycles. The molecule has 0 saturated carbocycles. The number of carbonyl (C=O) groups is 1. The molecule has 2 heterocycles. The molecular weight excluding hydrogens is 304 g/mol. The van der Waals surface area contributed by atoms with E-state index in [0.29, 0.717) is 18.2 Å². The number of nitrogens with one attached hydrogen (secondary N) is 2. The lowest BCUT2D eigenvalue weighted by atomic mass is 9.74. The highest BCUT2D eigenvalue weighted by molar-refractivity contribution is 5.92. The Hall–Kier alpha value is -1.82. The Balaban J connectivity index is 1.93. The first-order chi connectivity index (χ1) is 11.3. The molecule has 0 bridgehead atoms. The Morgan fingerprint density at radius 3 is 2.62 bits per heavy atom. The molecule has 0 radical (unpaired) electrons. The molecule has 1 fully saturated rings. The molecule has 2 rings (SSSR count). The second-order valence-corrected chi connectivity index (χ2v) is 7.40. The van der Waals surface area contributed by atoms with Crippen molar-refractivity contribution >= 4 is 17.5 Å². The van der Waals surface area contributed by atoms with E-state index < -0.39 is 0 Å². The van der Waals surface area contributed by atoms with E-state index >= 15 is 0 Å². The maximum atomic E-state index is 12.3. The van der Waals surface area contributed by atoms with E-state index in [9.17, 15) is 4.79 Å². The van der Waals surface area contributed by atoms with E-state index in [-0.39, 0.29) is 11.4 Å². The summed E-state index contributed by atoms with van der Waals surface area (Å²) in [6.07, 6.45) is 2.12. The SMILES string of the molecule is Cc1ccc(NC(=O)NCC(C)(C)C2CCOCC2)c(N(C)C)n1. The van der Waals surface area contributed by atoms with E-state index in [4.69, 9.17) is 4.74 Å². The van der Waals surface area contributed by atoms with Gasteiger partial charge in [-0.05, 0) is 43.2 Å². The van der Waals surface area contributed by atoms with Crippen LogP contribution in [0.25, 0.3) is 0 Å². The maximum Gasteiger partial charge on any atom is 0.319 e. The maximum absolute atomic E-state index is 12.3. The molecule has 1 aromatic heterocycles. The molecule has 6 nitrogen and oxygen atoms in total. The number of ether oxygens (including phenoxy) is 1. The standard InChI is InChI=1S/C18H30N4O2/c1-13-6-7-15(16(20-13)22(4)5)21-17(23)19-12-18(2,3)14-8-10-24-11-9-14/h6-7,14H,8-12H2,1-5H3,(H2,19,21,23). The predicted molar refractivity (Wildman–Crippen MR) is 97.6 cm³/mol. The Bertz CT molecular complexity index is 566. The quantitative estimate of drug-likeness (QED) is 0.868. The van der Waals surface area contributed by atoms with Crippen molar-refractivity contribution in [3.05, 3.63) is 17.8 Å². The van der Waals surface area contributed by atoms with Gasteiger partial charge in [-0.25, -0.2) is 9.78 Å². The number of pyridine rings is 1. The Morgan fingerprint density at radius 1 is 1.33 bits per heavy atom. The average molecular weight is 334 g/mol. The molecule has 2 N–H and O–H groups in total. The van der Waals surface area contributed by atoms with Gasteiger partial charge in [0, 0.05) is 39.5 Å². The monoisotopic (exact) mass is 334 g/mol. The molecular formula is C18H30N4O2. The fourth-order valence-corrected chi connectivity index (χ4v) is 3.08. The minimum atomic E-state index is -0.191. The molecule has 1 aliphatic rings. The summed E-state index contributed by atoms with van der Waals surface area (Å²) < 4.78 is 5.43. The average Bonchev–Trinajstić information content (AvgIpc) is 2.55. The number of hydrogen-bond donors (Lipinski definition) is 2. The molecule has 0 atom stereocenters. The van der Waals surface area contributed by atoms with E-state index in [2.05, 4.69) is 29.5 Å². The van der Waals surface area contributed by atoms with Crippen molar-refractivity contribution in [2.45, 2.75) is 33.6 Å². The van der Waals surface area contributed by atoms with Gasteiger partial charge in [0.2, 0.25) is 0 Å². The fourth-order valence-electron chi connectivity index (χ4n) is 3.08. The van der Waals surface area contributed by atoms with Crippen LogP contribution in [0.3, 0.4) is 0 Å². The molecule has 0 spiro atoms. The fraction of sp³-hybridized carbons (Fsp3) is 0.667. The summed E-state index contributed by atoms with van der Waals surface area (Å²) >= 11 is 0. The van der Waals surface area contributed by atoms with Crippen molar-refractivity contribution in [2.75, 3.05) is 44.1 Å². The summed E-state index contributed by atoms with van der Waals surface area (Å²) in [5.41, 5.74) is 1.69. The molecule has 1 aliphatic heterocycles. The lowest BCUT2D eigenvalue weighted by molar-refractivity contribution is 0.0238. The minimum absolute atomic E-state index is 0.0526. The van der Waals surface area contributed by atoms with Crippen LogP contribution in [-0.2, 0) is 4.74 Å². The van der Waals surface area contributed by atoms with Crippen LogP contribution >= 0.6 is 0 Å². The van der Waals surface area contributed by atoms with Crippen molar-refractivity contribution in [1.29, 1.82) is 0 Å². The van der Waals surface area contributed by atoms with Crippen molar-refractivity contribution in [3.8, 4) is 0 Å². The van der Waals surface area contributed by atoms with Crippen LogP contribution in [-0.4, -0.2) is 44.9 Å². The number of nitrogens with zero attached hydrogens (tertiary/aromatic N) is 2. The van der Waals surface area contributed by atoms with Crippen LogP contribution in [0.4, 0.5) is 16.3 Å². The Labute approximate surface area is 145 Å². The second-order valence-electron chi connectivity index (χ2n) is 7.40. The van der Waals surface area contributed by atoms with Gasteiger partial charge >= 0.3 is 6.03 Å². The third-order valence-electron chi connectivity index (χ3n) is 4.72.